The van der Waals surface area contributed by atoms with Crippen molar-refractivity contribution < 1.29 is 15.7 Å². The summed E-state index contributed by atoms with van der Waals surface area (Å²) in [5.41, 5.74) is 6.21. The zero-order valence-electron chi connectivity index (χ0n) is 28.1. The highest BCUT2D eigenvalue weighted by Gasteiger charge is 2.16. The van der Waals surface area contributed by atoms with E-state index in [2.05, 4.69) is 34.2 Å². The third kappa shape index (κ3) is 3.98. The molecule has 0 aliphatic carbocycles. The molecule has 0 unspecified atom stereocenters. The van der Waals surface area contributed by atoms with Gasteiger partial charge in [-0.2, -0.15) is 0 Å². The third-order valence-electron chi connectivity index (χ3n) is 7.84. The van der Waals surface area contributed by atoms with E-state index < -0.39 is 18.1 Å². The monoisotopic (exact) mass is 570 g/mol. The van der Waals surface area contributed by atoms with Crippen molar-refractivity contribution >= 4 is 43.9 Å². The summed E-state index contributed by atoms with van der Waals surface area (Å²) in [6.45, 7) is 0. The van der Waals surface area contributed by atoms with Crippen molar-refractivity contribution in [1.82, 2.24) is 15.0 Å². The van der Waals surface area contributed by atoms with Crippen LogP contribution >= 0.6 is 0 Å². The highest BCUT2D eigenvalue weighted by Crippen LogP contribution is 2.39. The molecule has 0 aliphatic rings. The molecule has 0 saturated heterocycles. The first-order valence-corrected chi connectivity index (χ1v) is 14.1. The second kappa shape index (κ2) is 9.75. The number of fused-ring (bicyclic) bond motifs is 6. The van der Waals surface area contributed by atoms with Crippen molar-refractivity contribution in [1.29, 1.82) is 0 Å². The Bertz CT molecular complexity index is 2760. The lowest BCUT2D eigenvalue weighted by Gasteiger charge is -2.08. The van der Waals surface area contributed by atoms with Crippen molar-refractivity contribution in [2.45, 2.75) is 0 Å². The lowest BCUT2D eigenvalue weighted by atomic mass is 10.00. The highest BCUT2D eigenvalue weighted by atomic mass is 16.3. The van der Waals surface area contributed by atoms with Crippen LogP contribution in [-0.4, -0.2) is 15.0 Å². The maximum Gasteiger partial charge on any atom is 0.164 e. The van der Waals surface area contributed by atoms with Crippen LogP contribution in [0.3, 0.4) is 0 Å². The molecule has 0 saturated carbocycles. The van der Waals surface area contributed by atoms with Gasteiger partial charge in [0.25, 0.3) is 0 Å². The summed E-state index contributed by atoms with van der Waals surface area (Å²) in [7, 11) is 0. The first-order valence-electron chi connectivity index (χ1n) is 16.6. The number of benzene rings is 6. The zero-order chi connectivity index (χ0) is 33.4. The molecule has 5 nitrogen and oxygen atoms in total. The van der Waals surface area contributed by atoms with Crippen LogP contribution in [0.2, 0.25) is 0 Å². The second-order valence-corrected chi connectivity index (χ2v) is 10.5. The first kappa shape index (κ1) is 19.9. The Balaban J connectivity index is 1.20. The van der Waals surface area contributed by atoms with Gasteiger partial charge in [0.15, 0.2) is 17.5 Å². The van der Waals surface area contributed by atoms with Gasteiger partial charge in [0.2, 0.25) is 0 Å². The van der Waals surface area contributed by atoms with Crippen LogP contribution in [0, 0.1) is 0 Å². The molecule has 0 N–H and O–H groups in total. The largest absolute Gasteiger partial charge is 0.456 e. The highest BCUT2D eigenvalue weighted by molar-refractivity contribution is 6.11. The summed E-state index contributed by atoms with van der Waals surface area (Å²) >= 11 is 0. The molecular weight excluding hydrogens is 542 g/mol. The summed E-state index contributed by atoms with van der Waals surface area (Å²) in [4.78, 5) is 14.0. The van der Waals surface area contributed by atoms with Gasteiger partial charge < -0.3 is 8.83 Å². The Morgan fingerprint density at radius 2 is 1.11 bits per heavy atom. The minimum atomic E-state index is -0.482. The molecule has 9 aromatic rings. The van der Waals surface area contributed by atoms with Crippen LogP contribution in [0.5, 0.6) is 0 Å². The van der Waals surface area contributed by atoms with E-state index in [1.54, 1.807) is 0 Å². The number of hydrogen-bond acceptors (Lipinski definition) is 5. The topological polar surface area (TPSA) is 65.0 Å². The molecule has 0 spiro atoms. The Morgan fingerprint density at radius 3 is 1.98 bits per heavy atom. The number of furan rings is 2. The fourth-order valence-corrected chi connectivity index (χ4v) is 5.75. The van der Waals surface area contributed by atoms with Gasteiger partial charge in [-0.05, 0) is 35.9 Å². The molecule has 0 amide bonds. The maximum atomic E-state index is 8.55. The zero-order valence-corrected chi connectivity index (χ0v) is 23.1. The number of aromatic nitrogens is 3. The normalized spacial score (nSPS) is 13.2. The van der Waals surface area contributed by atoms with Crippen LogP contribution in [0.1, 0.15) is 6.85 Å². The van der Waals surface area contributed by atoms with E-state index in [4.69, 9.17) is 20.7 Å². The minimum absolute atomic E-state index is 0.0186. The van der Waals surface area contributed by atoms with Crippen LogP contribution < -0.4 is 0 Å². The van der Waals surface area contributed by atoms with Crippen LogP contribution in [0.25, 0.3) is 89.2 Å². The molecule has 3 aromatic heterocycles. The molecule has 44 heavy (non-hydrogen) atoms. The van der Waals surface area contributed by atoms with Crippen molar-refractivity contribution in [3.05, 3.63) is 139 Å². The first-order chi connectivity index (χ1) is 23.9. The van der Waals surface area contributed by atoms with Gasteiger partial charge in [-0.15, -0.1) is 0 Å². The number of rotatable bonds is 4. The molecular formula is C39H23N3O2. The molecule has 206 valence electrons. The maximum absolute atomic E-state index is 8.55. The molecule has 6 aromatic carbocycles. The third-order valence-corrected chi connectivity index (χ3v) is 7.84. The van der Waals surface area contributed by atoms with Crippen LogP contribution in [-0.2, 0) is 0 Å². The summed E-state index contributed by atoms with van der Waals surface area (Å²) in [5.74, 6) is 0.562. The number of nitrogens with zero attached hydrogens (tertiary/aromatic N) is 3. The van der Waals surface area contributed by atoms with Gasteiger partial charge in [0.1, 0.15) is 22.3 Å². The molecule has 9 rings (SSSR count). The van der Waals surface area contributed by atoms with Crippen molar-refractivity contribution in [3.63, 3.8) is 0 Å². The number of para-hydroxylation sites is 2. The summed E-state index contributed by atoms with van der Waals surface area (Å²) < 4.78 is 54.2. The molecule has 0 fully saturated rings. The van der Waals surface area contributed by atoms with E-state index >= 15 is 0 Å². The Hall–Kier alpha value is -6.07. The molecule has 0 radical (unpaired) electrons. The van der Waals surface area contributed by atoms with E-state index in [0.29, 0.717) is 28.1 Å². The lowest BCUT2D eigenvalue weighted by Crippen LogP contribution is -2.00. The van der Waals surface area contributed by atoms with Crippen molar-refractivity contribution in [2.75, 3.05) is 0 Å². The smallest absolute Gasteiger partial charge is 0.164 e. The summed E-state index contributed by atoms with van der Waals surface area (Å²) in [5, 5.41) is 3.98. The fraction of sp³-hybridized carbons (Fsp3) is 0. The van der Waals surface area contributed by atoms with Crippen LogP contribution in [0.15, 0.2) is 148 Å². The molecule has 0 bridgehead atoms. The standard InChI is InChI=1S/C39H23N3O2/c1-3-10-24(11-4-1)37-40-38(25-12-5-2-6-13-25)42-39(41-37)27-18-20-30-32-22-26(19-21-34(32)43-35(30)23-27)28-15-9-16-31-29-14-7-8-17-33(29)44-36(28)31/h1-23H/i1D,3D,4D,10D,11D. The van der Waals surface area contributed by atoms with E-state index in [9.17, 15) is 0 Å². The number of hydrogen-bond donors (Lipinski definition) is 0. The van der Waals surface area contributed by atoms with Gasteiger partial charge in [-0.1, -0.05) is 109 Å². The minimum Gasteiger partial charge on any atom is -0.456 e. The molecule has 0 atom stereocenters. The average Bonchev–Trinajstić information content (AvgIpc) is 3.71. The Kier molecular flexibility index (Phi) is 4.42. The van der Waals surface area contributed by atoms with Gasteiger partial charge in [-0.25, -0.2) is 15.0 Å². The average molecular weight is 571 g/mol. The van der Waals surface area contributed by atoms with Crippen molar-refractivity contribution in [2.24, 2.45) is 0 Å². The Morgan fingerprint density at radius 1 is 0.432 bits per heavy atom. The van der Waals surface area contributed by atoms with Gasteiger partial charge in [-0.3, -0.25) is 0 Å². The van der Waals surface area contributed by atoms with Gasteiger partial charge in [0, 0.05) is 43.8 Å². The van der Waals surface area contributed by atoms with Gasteiger partial charge in [0.05, 0.1) is 6.85 Å². The molecule has 3 heterocycles. The lowest BCUT2D eigenvalue weighted by molar-refractivity contribution is 0.668. The van der Waals surface area contributed by atoms with E-state index in [0.717, 1.165) is 43.8 Å². The summed E-state index contributed by atoms with van der Waals surface area (Å²) in [6, 6.07) is 33.1. The molecule has 5 heteroatoms. The van der Waals surface area contributed by atoms with Gasteiger partial charge >= 0.3 is 0 Å². The summed E-state index contributed by atoms with van der Waals surface area (Å²) in [6.07, 6.45) is 0. The Labute approximate surface area is 259 Å². The van der Waals surface area contributed by atoms with E-state index in [1.807, 2.05) is 84.9 Å². The predicted molar refractivity (Wildman–Crippen MR) is 176 cm³/mol. The van der Waals surface area contributed by atoms with E-state index in [-0.39, 0.29) is 29.3 Å². The molecule has 0 aliphatic heterocycles. The van der Waals surface area contributed by atoms with Crippen LogP contribution in [0.4, 0.5) is 0 Å². The fourth-order valence-electron chi connectivity index (χ4n) is 5.75. The SMILES string of the molecule is [2H]c1c([2H])c([2H])c(-c2nc(-c3ccccc3)nc(-c3ccc4c(c3)oc3ccc(-c5cccc6c5oc5ccccc56)cc34)n2)c([2H])c1[2H]. The predicted octanol–water partition coefficient (Wildman–Crippen LogP) is 10.3. The van der Waals surface area contributed by atoms with Crippen molar-refractivity contribution in [3.8, 4) is 45.3 Å². The quantitative estimate of drug-likeness (QED) is 0.211. The van der Waals surface area contributed by atoms with E-state index in [1.165, 1.54) is 0 Å². The second-order valence-electron chi connectivity index (χ2n) is 10.5.